The Morgan fingerprint density at radius 3 is 2.63 bits per heavy atom. The molecule has 0 aliphatic carbocycles. The van der Waals surface area contributed by atoms with Crippen LogP contribution in [0.15, 0.2) is 48.5 Å². The van der Waals surface area contributed by atoms with E-state index in [1.165, 1.54) is 11.3 Å². The van der Waals surface area contributed by atoms with Crippen LogP contribution in [-0.4, -0.2) is 40.0 Å². The molecule has 0 unspecified atom stereocenters. The van der Waals surface area contributed by atoms with Crippen LogP contribution < -0.4 is 10.1 Å². The number of anilines is 1. The van der Waals surface area contributed by atoms with Gasteiger partial charge < -0.3 is 15.0 Å². The first-order chi connectivity index (χ1) is 14.6. The number of carbonyl (C=O) groups is 2. The van der Waals surface area contributed by atoms with Crippen LogP contribution in [0, 0.1) is 6.92 Å². The predicted octanol–water partition coefficient (Wildman–Crippen LogP) is 3.91. The summed E-state index contributed by atoms with van der Waals surface area (Å²) in [6.07, 6.45) is 2.07. The summed E-state index contributed by atoms with van der Waals surface area (Å²) in [6.45, 7) is 3.83. The van der Waals surface area contributed by atoms with Gasteiger partial charge in [-0.2, -0.15) is 0 Å². The second kappa shape index (κ2) is 9.04. The summed E-state index contributed by atoms with van der Waals surface area (Å²) in [7, 11) is 0. The zero-order valence-electron chi connectivity index (χ0n) is 16.6. The van der Waals surface area contributed by atoms with Gasteiger partial charge in [-0.3, -0.25) is 9.59 Å². The predicted molar refractivity (Wildman–Crippen MR) is 115 cm³/mol. The number of hydrogen-bond donors (Lipinski definition) is 1. The average Bonchev–Trinajstić information content (AvgIpc) is 3.45. The molecule has 2 aromatic carbocycles. The fourth-order valence-electron chi connectivity index (χ4n) is 3.20. The topological polar surface area (TPSA) is 84.4 Å². The molecule has 2 heterocycles. The first-order valence-electron chi connectivity index (χ1n) is 9.81. The lowest BCUT2D eigenvalue weighted by Gasteiger charge is -2.15. The smallest absolute Gasteiger partial charge is 0.286 e. The van der Waals surface area contributed by atoms with Crippen LogP contribution in [0.25, 0.3) is 0 Å². The Morgan fingerprint density at radius 2 is 1.87 bits per heavy atom. The Labute approximate surface area is 178 Å². The molecule has 30 heavy (non-hydrogen) atoms. The third-order valence-electron chi connectivity index (χ3n) is 4.81. The standard InChI is InChI=1S/C22H22N4O3S/c1-15-7-9-18(10-8-15)29-14-19-24-25-21(30-19)20(27)23-17-6-4-5-16(13-17)22(28)26-11-2-3-12-26/h4-10,13H,2-3,11-12,14H2,1H3,(H,23,27). The van der Waals surface area contributed by atoms with Gasteiger partial charge in [-0.05, 0) is 50.1 Å². The molecule has 1 saturated heterocycles. The molecule has 0 saturated carbocycles. The van der Waals surface area contributed by atoms with E-state index in [4.69, 9.17) is 4.74 Å². The molecule has 7 nitrogen and oxygen atoms in total. The zero-order valence-corrected chi connectivity index (χ0v) is 17.4. The number of amides is 2. The highest BCUT2D eigenvalue weighted by atomic mass is 32.1. The minimum Gasteiger partial charge on any atom is -0.486 e. The summed E-state index contributed by atoms with van der Waals surface area (Å²) < 4.78 is 5.68. The van der Waals surface area contributed by atoms with Crippen molar-refractivity contribution in [1.82, 2.24) is 15.1 Å². The molecule has 0 radical (unpaired) electrons. The number of aromatic nitrogens is 2. The van der Waals surface area contributed by atoms with Gasteiger partial charge in [0.25, 0.3) is 11.8 Å². The quantitative estimate of drug-likeness (QED) is 0.651. The number of ether oxygens (including phenoxy) is 1. The molecule has 0 spiro atoms. The maximum absolute atomic E-state index is 12.5. The molecule has 8 heteroatoms. The summed E-state index contributed by atoms with van der Waals surface area (Å²) >= 11 is 1.18. The number of carbonyl (C=O) groups excluding carboxylic acids is 2. The molecule has 4 rings (SSSR count). The van der Waals surface area contributed by atoms with E-state index in [-0.39, 0.29) is 23.4 Å². The van der Waals surface area contributed by atoms with Crippen molar-refractivity contribution < 1.29 is 14.3 Å². The second-order valence-corrected chi connectivity index (χ2v) is 8.20. The van der Waals surface area contributed by atoms with Crippen molar-refractivity contribution in [2.75, 3.05) is 18.4 Å². The molecule has 2 amide bonds. The van der Waals surface area contributed by atoms with Gasteiger partial charge in [0.15, 0.2) is 5.01 Å². The minimum atomic E-state index is -0.361. The Morgan fingerprint density at radius 1 is 1.10 bits per heavy atom. The third kappa shape index (κ3) is 4.83. The molecule has 154 valence electrons. The number of benzene rings is 2. The van der Waals surface area contributed by atoms with Gasteiger partial charge in [0, 0.05) is 24.3 Å². The lowest BCUT2D eigenvalue weighted by Crippen LogP contribution is -2.27. The van der Waals surface area contributed by atoms with Crippen LogP contribution in [0.5, 0.6) is 5.75 Å². The maximum Gasteiger partial charge on any atom is 0.286 e. The highest BCUT2D eigenvalue weighted by molar-refractivity contribution is 7.13. The largest absolute Gasteiger partial charge is 0.486 e. The molecule has 0 bridgehead atoms. The Bertz CT molecular complexity index is 1040. The summed E-state index contributed by atoms with van der Waals surface area (Å²) in [6, 6.07) is 14.7. The van der Waals surface area contributed by atoms with Crippen molar-refractivity contribution in [3.63, 3.8) is 0 Å². The molecule has 1 aliphatic rings. The molecule has 1 N–H and O–H groups in total. The number of likely N-dealkylation sites (tertiary alicyclic amines) is 1. The number of nitrogens with one attached hydrogen (secondary N) is 1. The van der Waals surface area contributed by atoms with E-state index in [2.05, 4.69) is 15.5 Å². The number of nitrogens with zero attached hydrogens (tertiary/aromatic N) is 3. The Hall–Kier alpha value is -3.26. The second-order valence-electron chi connectivity index (χ2n) is 7.14. The highest BCUT2D eigenvalue weighted by Gasteiger charge is 2.20. The zero-order chi connectivity index (χ0) is 20.9. The van der Waals surface area contributed by atoms with Crippen LogP contribution >= 0.6 is 11.3 Å². The van der Waals surface area contributed by atoms with E-state index < -0.39 is 0 Å². The number of rotatable bonds is 6. The van der Waals surface area contributed by atoms with Crippen molar-refractivity contribution in [2.45, 2.75) is 26.4 Å². The fourth-order valence-corrected chi connectivity index (χ4v) is 3.85. The van der Waals surface area contributed by atoms with Crippen molar-refractivity contribution in [2.24, 2.45) is 0 Å². The third-order valence-corrected chi connectivity index (χ3v) is 5.70. The summed E-state index contributed by atoms with van der Waals surface area (Å²) in [4.78, 5) is 26.9. The lowest BCUT2D eigenvalue weighted by molar-refractivity contribution is 0.0792. The molecule has 1 fully saturated rings. The van der Waals surface area contributed by atoms with E-state index in [1.807, 2.05) is 36.1 Å². The SMILES string of the molecule is Cc1ccc(OCc2nnc(C(=O)Nc3cccc(C(=O)N4CCCC4)c3)s2)cc1. The molecule has 1 aromatic heterocycles. The van der Waals surface area contributed by atoms with E-state index in [1.54, 1.807) is 24.3 Å². The van der Waals surface area contributed by atoms with E-state index in [0.29, 0.717) is 16.3 Å². The van der Waals surface area contributed by atoms with Crippen LogP contribution in [0.3, 0.4) is 0 Å². The molecular formula is C22H22N4O3S. The number of hydrogen-bond acceptors (Lipinski definition) is 6. The molecular weight excluding hydrogens is 400 g/mol. The van der Waals surface area contributed by atoms with Crippen LogP contribution in [0.2, 0.25) is 0 Å². The monoisotopic (exact) mass is 422 g/mol. The summed E-state index contributed by atoms with van der Waals surface area (Å²) in [5, 5.41) is 11.6. The van der Waals surface area contributed by atoms with Crippen LogP contribution in [-0.2, 0) is 6.61 Å². The van der Waals surface area contributed by atoms with Crippen LogP contribution in [0.4, 0.5) is 5.69 Å². The lowest BCUT2D eigenvalue weighted by atomic mass is 10.1. The first-order valence-corrected chi connectivity index (χ1v) is 10.6. The van der Waals surface area contributed by atoms with Crippen LogP contribution in [0.1, 0.15) is 43.6 Å². The van der Waals surface area contributed by atoms with Gasteiger partial charge in [-0.1, -0.05) is 35.1 Å². The maximum atomic E-state index is 12.5. The van der Waals surface area contributed by atoms with Crippen molar-refractivity contribution in [3.05, 3.63) is 69.7 Å². The van der Waals surface area contributed by atoms with Crippen molar-refractivity contribution in [3.8, 4) is 5.75 Å². The fraction of sp³-hybridized carbons (Fsp3) is 0.273. The number of aryl methyl sites for hydroxylation is 1. The van der Waals surface area contributed by atoms with Gasteiger partial charge in [0.05, 0.1) is 0 Å². The first kappa shape index (κ1) is 20.0. The highest BCUT2D eigenvalue weighted by Crippen LogP contribution is 2.19. The summed E-state index contributed by atoms with van der Waals surface area (Å²) in [5.74, 6) is 0.371. The van der Waals surface area contributed by atoms with Gasteiger partial charge in [-0.15, -0.1) is 10.2 Å². The molecule has 0 atom stereocenters. The summed E-state index contributed by atoms with van der Waals surface area (Å²) in [5.41, 5.74) is 2.28. The Balaban J connectivity index is 1.36. The van der Waals surface area contributed by atoms with Gasteiger partial charge in [-0.25, -0.2) is 0 Å². The van der Waals surface area contributed by atoms with Crippen molar-refractivity contribution >= 4 is 28.8 Å². The van der Waals surface area contributed by atoms with E-state index >= 15 is 0 Å². The molecule has 1 aliphatic heterocycles. The normalized spacial score (nSPS) is 13.3. The Kier molecular flexibility index (Phi) is 6.04. The van der Waals surface area contributed by atoms with Gasteiger partial charge >= 0.3 is 0 Å². The molecule has 3 aromatic rings. The average molecular weight is 423 g/mol. The van der Waals surface area contributed by atoms with Gasteiger partial charge in [0.2, 0.25) is 5.01 Å². The van der Waals surface area contributed by atoms with E-state index in [9.17, 15) is 9.59 Å². The minimum absolute atomic E-state index is 0.00458. The van der Waals surface area contributed by atoms with Gasteiger partial charge in [0.1, 0.15) is 12.4 Å². The van der Waals surface area contributed by atoms with Crippen molar-refractivity contribution in [1.29, 1.82) is 0 Å². The van der Waals surface area contributed by atoms with E-state index in [0.717, 1.165) is 37.2 Å².